The average Bonchev–Trinajstić information content (AvgIpc) is 2.52. The Morgan fingerprint density at radius 2 is 1.91 bits per heavy atom. The van der Waals surface area contributed by atoms with E-state index in [4.69, 9.17) is 16.3 Å². The number of rotatable bonds is 5. The molecule has 0 bridgehead atoms. The summed E-state index contributed by atoms with van der Waals surface area (Å²) in [4.78, 5) is 23.5. The lowest BCUT2D eigenvalue weighted by Crippen LogP contribution is -2.49. The standard InChI is InChI=1S/C14H18ClN3O3.ClH/c15-11-3-1-10(2-4-11)13(19)17-5-6-18-14(20)12-9-16-7-8-21-12;/h1-4,12,16H,5-9H2,(H,17,19)(H,18,20);1H. The molecule has 1 saturated heterocycles. The second-order valence-corrected chi connectivity index (χ2v) is 5.05. The first kappa shape index (κ1) is 18.7. The molecule has 1 aromatic rings. The summed E-state index contributed by atoms with van der Waals surface area (Å²) in [5, 5.41) is 9.12. The maximum Gasteiger partial charge on any atom is 0.251 e. The lowest BCUT2D eigenvalue weighted by Gasteiger charge is -2.22. The molecule has 1 heterocycles. The number of hydrogen-bond acceptors (Lipinski definition) is 4. The molecule has 1 aromatic carbocycles. The van der Waals surface area contributed by atoms with Crippen LogP contribution in [0.1, 0.15) is 10.4 Å². The Kier molecular flexibility index (Phi) is 8.19. The number of morpholine rings is 1. The highest BCUT2D eigenvalue weighted by Gasteiger charge is 2.20. The summed E-state index contributed by atoms with van der Waals surface area (Å²) >= 11 is 5.76. The minimum Gasteiger partial charge on any atom is -0.366 e. The van der Waals surface area contributed by atoms with E-state index in [0.29, 0.717) is 36.8 Å². The number of hydrogen-bond donors (Lipinski definition) is 3. The minimum absolute atomic E-state index is 0. The first-order chi connectivity index (χ1) is 10.2. The molecule has 22 heavy (non-hydrogen) atoms. The Morgan fingerprint density at radius 3 is 2.55 bits per heavy atom. The average molecular weight is 348 g/mol. The van der Waals surface area contributed by atoms with E-state index in [1.807, 2.05) is 0 Å². The van der Waals surface area contributed by atoms with Crippen molar-refractivity contribution in [2.45, 2.75) is 6.10 Å². The molecule has 1 fully saturated rings. The van der Waals surface area contributed by atoms with Gasteiger partial charge in [-0.3, -0.25) is 9.59 Å². The largest absolute Gasteiger partial charge is 0.366 e. The lowest BCUT2D eigenvalue weighted by molar-refractivity contribution is -0.134. The molecule has 1 atom stereocenters. The van der Waals surface area contributed by atoms with Crippen molar-refractivity contribution >= 4 is 35.8 Å². The van der Waals surface area contributed by atoms with Crippen molar-refractivity contribution in [2.24, 2.45) is 0 Å². The summed E-state index contributed by atoms with van der Waals surface area (Å²) in [6.45, 7) is 2.53. The van der Waals surface area contributed by atoms with Gasteiger partial charge in [0.05, 0.1) is 6.61 Å². The molecular formula is C14H19Cl2N3O3. The maximum atomic E-state index is 11.8. The lowest BCUT2D eigenvalue weighted by atomic mass is 10.2. The summed E-state index contributed by atoms with van der Waals surface area (Å²) in [6.07, 6.45) is -0.453. The Balaban J connectivity index is 0.00000242. The SMILES string of the molecule is Cl.O=C(NCCNC(=O)C1CNCCO1)c1ccc(Cl)cc1. The summed E-state index contributed by atoms with van der Waals surface area (Å²) in [5.74, 6) is -0.362. The first-order valence-electron chi connectivity index (χ1n) is 6.80. The van der Waals surface area contributed by atoms with Gasteiger partial charge in [-0.25, -0.2) is 0 Å². The van der Waals surface area contributed by atoms with E-state index in [1.165, 1.54) is 0 Å². The highest BCUT2D eigenvalue weighted by molar-refractivity contribution is 6.30. The summed E-state index contributed by atoms with van der Waals surface area (Å²) in [5.41, 5.74) is 0.533. The molecule has 0 saturated carbocycles. The Hall–Kier alpha value is -1.34. The fraction of sp³-hybridized carbons (Fsp3) is 0.429. The van der Waals surface area contributed by atoms with Crippen molar-refractivity contribution in [3.8, 4) is 0 Å². The molecule has 1 unspecified atom stereocenters. The van der Waals surface area contributed by atoms with Crippen LogP contribution in [0.5, 0.6) is 0 Å². The maximum absolute atomic E-state index is 11.8. The molecule has 1 aliphatic heterocycles. The summed E-state index contributed by atoms with van der Waals surface area (Å²) in [6, 6.07) is 6.62. The Morgan fingerprint density at radius 1 is 1.23 bits per heavy atom. The van der Waals surface area contributed by atoms with Crippen molar-refractivity contribution in [3.63, 3.8) is 0 Å². The fourth-order valence-electron chi connectivity index (χ4n) is 1.91. The molecule has 0 radical (unpaired) electrons. The Labute approximate surface area is 140 Å². The van der Waals surface area contributed by atoms with Crippen LogP contribution >= 0.6 is 24.0 Å². The zero-order chi connectivity index (χ0) is 15.1. The monoisotopic (exact) mass is 347 g/mol. The van der Waals surface area contributed by atoms with Crippen molar-refractivity contribution in [1.82, 2.24) is 16.0 Å². The third-order valence-electron chi connectivity index (χ3n) is 3.04. The molecule has 2 amide bonds. The number of carbonyl (C=O) groups is 2. The molecule has 2 rings (SSSR count). The number of carbonyl (C=O) groups excluding carboxylic acids is 2. The van der Waals surface area contributed by atoms with E-state index in [2.05, 4.69) is 16.0 Å². The summed E-state index contributed by atoms with van der Waals surface area (Å²) < 4.78 is 5.32. The van der Waals surface area contributed by atoms with Gasteiger partial charge in [0, 0.05) is 36.8 Å². The van der Waals surface area contributed by atoms with E-state index in [0.717, 1.165) is 6.54 Å². The number of benzene rings is 1. The van der Waals surface area contributed by atoms with Gasteiger partial charge in [0.1, 0.15) is 6.10 Å². The van der Waals surface area contributed by atoms with Crippen LogP contribution < -0.4 is 16.0 Å². The van der Waals surface area contributed by atoms with Gasteiger partial charge in [0.25, 0.3) is 11.8 Å². The molecule has 0 spiro atoms. The predicted octanol–water partition coefficient (Wildman–Crippen LogP) is 0.596. The van der Waals surface area contributed by atoms with E-state index in [9.17, 15) is 9.59 Å². The number of nitrogens with one attached hydrogen (secondary N) is 3. The van der Waals surface area contributed by atoms with Crippen molar-refractivity contribution in [3.05, 3.63) is 34.9 Å². The van der Waals surface area contributed by atoms with Crippen LogP contribution in [0.2, 0.25) is 5.02 Å². The minimum atomic E-state index is -0.453. The van der Waals surface area contributed by atoms with Gasteiger partial charge < -0.3 is 20.7 Å². The van der Waals surface area contributed by atoms with Gasteiger partial charge in [-0.2, -0.15) is 0 Å². The van der Waals surface area contributed by atoms with Gasteiger partial charge in [-0.15, -0.1) is 12.4 Å². The molecule has 6 nitrogen and oxygen atoms in total. The molecule has 1 aliphatic rings. The third-order valence-corrected chi connectivity index (χ3v) is 3.29. The quantitative estimate of drug-likeness (QED) is 0.681. The predicted molar refractivity (Wildman–Crippen MR) is 86.7 cm³/mol. The van der Waals surface area contributed by atoms with Crippen molar-refractivity contribution < 1.29 is 14.3 Å². The molecule has 8 heteroatoms. The third kappa shape index (κ3) is 5.81. The van der Waals surface area contributed by atoms with Crippen LogP contribution in [0, 0.1) is 0 Å². The van der Waals surface area contributed by atoms with Gasteiger partial charge in [-0.1, -0.05) is 11.6 Å². The highest BCUT2D eigenvalue weighted by atomic mass is 35.5. The topological polar surface area (TPSA) is 79.5 Å². The van der Waals surface area contributed by atoms with Gasteiger partial charge in [-0.05, 0) is 24.3 Å². The van der Waals surface area contributed by atoms with Gasteiger partial charge in [0.2, 0.25) is 0 Å². The van der Waals surface area contributed by atoms with Crippen LogP contribution in [-0.4, -0.2) is 50.7 Å². The first-order valence-corrected chi connectivity index (χ1v) is 7.18. The number of halogens is 2. The van der Waals surface area contributed by atoms with Crippen LogP contribution in [0.25, 0.3) is 0 Å². The van der Waals surface area contributed by atoms with E-state index < -0.39 is 6.10 Å². The van der Waals surface area contributed by atoms with Crippen molar-refractivity contribution in [1.29, 1.82) is 0 Å². The number of ether oxygens (including phenoxy) is 1. The van der Waals surface area contributed by atoms with Gasteiger partial charge in [0.15, 0.2) is 0 Å². The Bertz CT molecular complexity index is 491. The van der Waals surface area contributed by atoms with Crippen LogP contribution in [-0.2, 0) is 9.53 Å². The van der Waals surface area contributed by atoms with Crippen molar-refractivity contribution in [2.75, 3.05) is 32.8 Å². The zero-order valence-corrected chi connectivity index (χ0v) is 13.5. The van der Waals surface area contributed by atoms with E-state index in [-0.39, 0.29) is 24.2 Å². The molecule has 122 valence electrons. The van der Waals surface area contributed by atoms with Gasteiger partial charge >= 0.3 is 0 Å². The molecular weight excluding hydrogens is 329 g/mol. The van der Waals surface area contributed by atoms with Crippen LogP contribution in [0.15, 0.2) is 24.3 Å². The number of amides is 2. The zero-order valence-electron chi connectivity index (χ0n) is 11.9. The van der Waals surface area contributed by atoms with Crippen LogP contribution in [0.4, 0.5) is 0 Å². The molecule has 0 aromatic heterocycles. The fourth-order valence-corrected chi connectivity index (χ4v) is 2.04. The van der Waals surface area contributed by atoms with E-state index >= 15 is 0 Å². The van der Waals surface area contributed by atoms with Crippen LogP contribution in [0.3, 0.4) is 0 Å². The smallest absolute Gasteiger partial charge is 0.251 e. The summed E-state index contributed by atoms with van der Waals surface area (Å²) in [7, 11) is 0. The second-order valence-electron chi connectivity index (χ2n) is 4.62. The second kappa shape index (κ2) is 9.63. The molecule has 3 N–H and O–H groups in total. The van der Waals surface area contributed by atoms with E-state index in [1.54, 1.807) is 24.3 Å². The molecule has 0 aliphatic carbocycles. The normalized spacial score (nSPS) is 17.2. The highest BCUT2D eigenvalue weighted by Crippen LogP contribution is 2.09.